The van der Waals surface area contributed by atoms with Gasteiger partial charge in [-0.25, -0.2) is 0 Å². The van der Waals surface area contributed by atoms with Crippen molar-refractivity contribution in [3.63, 3.8) is 0 Å². The van der Waals surface area contributed by atoms with Crippen LogP contribution < -0.4 is 0 Å². The van der Waals surface area contributed by atoms with E-state index in [1.807, 2.05) is 4.90 Å². The fraction of sp³-hybridized carbons (Fsp3) is 0.818. The normalized spacial score (nSPS) is 20.8. The van der Waals surface area contributed by atoms with Gasteiger partial charge in [-0.2, -0.15) is 0 Å². The Balaban J connectivity index is 2.27. The lowest BCUT2D eigenvalue weighted by Gasteiger charge is -2.32. The minimum Gasteiger partial charge on any atom is -0.481 e. The van der Waals surface area contributed by atoms with Gasteiger partial charge in [0.05, 0.1) is 11.5 Å². The summed E-state index contributed by atoms with van der Waals surface area (Å²) in [6.07, 6.45) is 3.41. The van der Waals surface area contributed by atoms with Crippen molar-refractivity contribution in [2.24, 2.45) is 5.92 Å². The van der Waals surface area contributed by atoms with Crippen LogP contribution >= 0.6 is 11.8 Å². The Morgan fingerprint density at radius 1 is 1.44 bits per heavy atom. The number of carboxylic acid groups (broad SMARTS) is 1. The van der Waals surface area contributed by atoms with Gasteiger partial charge in [0.2, 0.25) is 5.91 Å². The van der Waals surface area contributed by atoms with Crippen molar-refractivity contribution in [2.75, 3.05) is 24.6 Å². The standard InChI is InChI=1S/C11H19NO3S/c1-2-9-4-3-5-12(6-9)10(13)7-16-8-11(14)15/h9H,2-8H2,1H3,(H,14,15). The number of hydrogen-bond acceptors (Lipinski definition) is 3. The van der Waals surface area contributed by atoms with Gasteiger partial charge in [-0.05, 0) is 18.8 Å². The number of thioether (sulfide) groups is 1. The zero-order valence-electron chi connectivity index (χ0n) is 9.65. The zero-order valence-corrected chi connectivity index (χ0v) is 10.5. The van der Waals surface area contributed by atoms with Crippen molar-refractivity contribution in [2.45, 2.75) is 26.2 Å². The minimum absolute atomic E-state index is 0.0107. The number of carbonyl (C=O) groups is 2. The van der Waals surface area contributed by atoms with Crippen LogP contribution in [0.1, 0.15) is 26.2 Å². The molecule has 0 saturated carbocycles. The van der Waals surface area contributed by atoms with Gasteiger partial charge in [0, 0.05) is 13.1 Å². The second-order valence-electron chi connectivity index (χ2n) is 4.14. The Kier molecular flexibility index (Phi) is 5.66. The third kappa shape index (κ3) is 4.43. The minimum atomic E-state index is -0.858. The molecule has 0 aliphatic carbocycles. The van der Waals surface area contributed by atoms with Gasteiger partial charge in [0.25, 0.3) is 0 Å². The highest BCUT2D eigenvalue weighted by Gasteiger charge is 2.22. The van der Waals surface area contributed by atoms with Crippen molar-refractivity contribution in [3.8, 4) is 0 Å². The first-order valence-electron chi connectivity index (χ1n) is 5.70. The molecule has 1 atom stereocenters. The fourth-order valence-electron chi connectivity index (χ4n) is 1.94. The highest BCUT2D eigenvalue weighted by Crippen LogP contribution is 2.19. The van der Waals surface area contributed by atoms with Crippen LogP contribution in [0.25, 0.3) is 0 Å². The van der Waals surface area contributed by atoms with E-state index in [0.29, 0.717) is 11.7 Å². The van der Waals surface area contributed by atoms with Crippen LogP contribution in [-0.2, 0) is 9.59 Å². The number of piperidine rings is 1. The van der Waals surface area contributed by atoms with Crippen LogP contribution in [-0.4, -0.2) is 46.5 Å². The summed E-state index contributed by atoms with van der Waals surface area (Å²) in [4.78, 5) is 23.9. The van der Waals surface area contributed by atoms with Crippen molar-refractivity contribution < 1.29 is 14.7 Å². The molecular formula is C11H19NO3S. The zero-order chi connectivity index (χ0) is 12.0. The first kappa shape index (κ1) is 13.4. The molecule has 5 heteroatoms. The van der Waals surface area contributed by atoms with Gasteiger partial charge >= 0.3 is 5.97 Å². The number of amides is 1. The molecular weight excluding hydrogens is 226 g/mol. The lowest BCUT2D eigenvalue weighted by molar-refractivity contribution is -0.133. The van der Waals surface area contributed by atoms with E-state index in [9.17, 15) is 9.59 Å². The smallest absolute Gasteiger partial charge is 0.313 e. The molecule has 0 spiro atoms. The van der Waals surface area contributed by atoms with E-state index in [-0.39, 0.29) is 11.7 Å². The molecule has 0 aromatic carbocycles. The highest BCUT2D eigenvalue weighted by atomic mass is 32.2. The molecule has 1 rings (SSSR count). The average molecular weight is 245 g/mol. The lowest BCUT2D eigenvalue weighted by Crippen LogP contribution is -2.40. The maximum absolute atomic E-state index is 11.8. The van der Waals surface area contributed by atoms with Crippen LogP contribution in [0.3, 0.4) is 0 Å². The molecule has 4 nitrogen and oxygen atoms in total. The summed E-state index contributed by atoms with van der Waals surface area (Å²) in [5.41, 5.74) is 0. The van der Waals surface area contributed by atoms with Crippen molar-refractivity contribution in [1.29, 1.82) is 0 Å². The molecule has 0 aromatic rings. The lowest BCUT2D eigenvalue weighted by atomic mass is 9.96. The van der Waals surface area contributed by atoms with E-state index >= 15 is 0 Å². The fourth-order valence-corrected chi connectivity index (χ4v) is 2.58. The molecule has 0 radical (unpaired) electrons. The van der Waals surface area contributed by atoms with E-state index in [4.69, 9.17) is 5.11 Å². The molecule has 1 N–H and O–H groups in total. The van der Waals surface area contributed by atoms with Gasteiger partial charge < -0.3 is 10.0 Å². The van der Waals surface area contributed by atoms with Gasteiger partial charge in [-0.15, -0.1) is 11.8 Å². The average Bonchev–Trinajstić information content (AvgIpc) is 2.28. The van der Waals surface area contributed by atoms with Gasteiger partial charge in [0.15, 0.2) is 0 Å². The number of carbonyl (C=O) groups excluding carboxylic acids is 1. The molecule has 92 valence electrons. The summed E-state index contributed by atoms with van der Waals surface area (Å²) in [5, 5.41) is 8.47. The third-order valence-corrected chi connectivity index (χ3v) is 3.80. The highest BCUT2D eigenvalue weighted by molar-refractivity contribution is 8.00. The Labute approximate surface area is 100 Å². The van der Waals surface area contributed by atoms with Gasteiger partial charge in [-0.1, -0.05) is 13.3 Å². The molecule has 1 fully saturated rings. The van der Waals surface area contributed by atoms with Crippen molar-refractivity contribution in [1.82, 2.24) is 4.90 Å². The van der Waals surface area contributed by atoms with Crippen LogP contribution in [0.2, 0.25) is 0 Å². The molecule has 0 bridgehead atoms. The molecule has 1 aliphatic heterocycles. The molecule has 16 heavy (non-hydrogen) atoms. The summed E-state index contributed by atoms with van der Waals surface area (Å²) in [7, 11) is 0. The maximum atomic E-state index is 11.8. The number of hydrogen-bond donors (Lipinski definition) is 1. The van der Waals surface area contributed by atoms with E-state index in [1.165, 1.54) is 18.2 Å². The summed E-state index contributed by atoms with van der Waals surface area (Å²) in [6.45, 7) is 3.84. The number of rotatable bonds is 5. The Hall–Kier alpha value is -0.710. The summed E-state index contributed by atoms with van der Waals surface area (Å²) < 4.78 is 0. The second kappa shape index (κ2) is 6.78. The summed E-state index contributed by atoms with van der Waals surface area (Å²) in [6, 6.07) is 0. The molecule has 1 saturated heterocycles. The summed E-state index contributed by atoms with van der Waals surface area (Å²) >= 11 is 1.18. The second-order valence-corrected chi connectivity index (χ2v) is 5.13. The first-order valence-corrected chi connectivity index (χ1v) is 6.86. The number of likely N-dealkylation sites (tertiary alicyclic amines) is 1. The maximum Gasteiger partial charge on any atom is 0.313 e. The first-order chi connectivity index (χ1) is 7.63. The molecule has 1 amide bonds. The SMILES string of the molecule is CCC1CCCN(C(=O)CSCC(=O)O)C1. The predicted octanol–water partition coefficient (Wildman–Crippen LogP) is 1.45. The van der Waals surface area contributed by atoms with E-state index < -0.39 is 5.97 Å². The van der Waals surface area contributed by atoms with Gasteiger partial charge in [0.1, 0.15) is 0 Å². The van der Waals surface area contributed by atoms with Crippen LogP contribution in [0.15, 0.2) is 0 Å². The van der Waals surface area contributed by atoms with Crippen LogP contribution in [0, 0.1) is 5.92 Å². The van der Waals surface area contributed by atoms with Crippen molar-refractivity contribution in [3.05, 3.63) is 0 Å². The Bertz CT molecular complexity index is 258. The van der Waals surface area contributed by atoms with E-state index in [2.05, 4.69) is 6.92 Å². The topological polar surface area (TPSA) is 57.6 Å². The van der Waals surface area contributed by atoms with E-state index in [0.717, 1.165) is 25.9 Å². The monoisotopic (exact) mass is 245 g/mol. The van der Waals surface area contributed by atoms with Crippen molar-refractivity contribution >= 4 is 23.6 Å². The largest absolute Gasteiger partial charge is 0.481 e. The number of nitrogens with zero attached hydrogens (tertiary/aromatic N) is 1. The van der Waals surface area contributed by atoms with Crippen LogP contribution in [0.4, 0.5) is 0 Å². The van der Waals surface area contributed by atoms with E-state index in [1.54, 1.807) is 0 Å². The Morgan fingerprint density at radius 2 is 2.19 bits per heavy atom. The number of carboxylic acids is 1. The number of aliphatic carboxylic acids is 1. The molecule has 1 heterocycles. The Morgan fingerprint density at radius 3 is 2.81 bits per heavy atom. The molecule has 0 aromatic heterocycles. The quantitative estimate of drug-likeness (QED) is 0.796. The van der Waals surface area contributed by atoms with Gasteiger partial charge in [-0.3, -0.25) is 9.59 Å². The molecule has 1 aliphatic rings. The van der Waals surface area contributed by atoms with Crippen LogP contribution in [0.5, 0.6) is 0 Å². The third-order valence-electron chi connectivity index (χ3n) is 2.90. The predicted molar refractivity (Wildman–Crippen MR) is 64.6 cm³/mol. The molecule has 1 unspecified atom stereocenters. The summed E-state index contributed by atoms with van der Waals surface area (Å²) in [5.74, 6) is 0.161.